The number of benzene rings is 2. The van der Waals surface area contributed by atoms with Gasteiger partial charge < -0.3 is 15.3 Å². The average molecular weight is 646 g/mol. The molecule has 0 heterocycles. The summed E-state index contributed by atoms with van der Waals surface area (Å²) in [5.74, 6) is -0.998. The lowest BCUT2D eigenvalue weighted by Gasteiger charge is -2.30. The number of amides is 3. The molecule has 0 fully saturated rings. The fourth-order valence-corrected chi connectivity index (χ4v) is 5.83. The van der Waals surface area contributed by atoms with E-state index in [-0.39, 0.29) is 46.7 Å². The van der Waals surface area contributed by atoms with Crippen LogP contribution in [0.5, 0.6) is 0 Å². The van der Waals surface area contributed by atoms with Gasteiger partial charge in [-0.25, -0.2) is 17.7 Å². The minimum absolute atomic E-state index is 0.0166. The van der Waals surface area contributed by atoms with Crippen LogP contribution in [-0.4, -0.2) is 97.9 Å². The van der Waals surface area contributed by atoms with Crippen molar-refractivity contribution >= 4 is 27.7 Å². The first-order chi connectivity index (χ1) is 21.2. The van der Waals surface area contributed by atoms with Crippen molar-refractivity contribution in [1.82, 2.24) is 25.0 Å². The lowest BCUT2D eigenvalue weighted by Crippen LogP contribution is -2.53. The quantitative estimate of drug-likeness (QED) is 0.212. The van der Waals surface area contributed by atoms with Crippen molar-refractivity contribution in [2.45, 2.75) is 77.3 Å². The highest BCUT2D eigenvalue weighted by Gasteiger charge is 2.28. The highest BCUT2D eigenvalue weighted by Crippen LogP contribution is 2.21. The summed E-state index contributed by atoms with van der Waals surface area (Å²) in [6, 6.07) is 12.5. The van der Waals surface area contributed by atoms with Crippen LogP contribution in [0, 0.1) is 5.92 Å². The molecule has 0 aromatic heterocycles. The number of aliphatic hydroxyl groups is 1. The number of carbonyl (C=O) groups is 3. The third-order valence-corrected chi connectivity index (χ3v) is 9.01. The molecule has 2 atom stereocenters. The molecule has 250 valence electrons. The van der Waals surface area contributed by atoms with Gasteiger partial charge in [-0.3, -0.25) is 19.8 Å². The molecule has 2 unspecified atom stereocenters. The van der Waals surface area contributed by atoms with Crippen LogP contribution >= 0.6 is 0 Å². The van der Waals surface area contributed by atoms with Crippen LogP contribution in [0.4, 0.5) is 0 Å². The standard InChI is InChI=1S/C33H51N5O6S/c1-8-16-37(17-9-2)33(42)27-20-26(21-28(22-27)45(43,44)36(6)7)32(41)34-29(19-25-14-12-11-13-15-25)30(39)23-38(10-3)35-31(40)18-24(4)5/h11-15,20-22,24,29-30,39H,8-10,16-19,23H2,1-7H3,(H,34,41)(H,35,40). The Morgan fingerprint density at radius 1 is 0.911 bits per heavy atom. The molecule has 2 rings (SSSR count). The fourth-order valence-electron chi connectivity index (χ4n) is 4.85. The van der Waals surface area contributed by atoms with Crippen molar-refractivity contribution in [3.05, 3.63) is 65.2 Å². The Morgan fingerprint density at radius 2 is 1.51 bits per heavy atom. The van der Waals surface area contributed by atoms with E-state index in [1.165, 1.54) is 32.3 Å². The molecule has 3 amide bonds. The Hall–Kier alpha value is -3.32. The van der Waals surface area contributed by atoms with Crippen molar-refractivity contribution in [2.75, 3.05) is 40.3 Å². The van der Waals surface area contributed by atoms with Crippen LogP contribution < -0.4 is 10.7 Å². The van der Waals surface area contributed by atoms with E-state index in [1.807, 2.05) is 65.0 Å². The number of hydrazine groups is 1. The molecule has 3 N–H and O–H groups in total. The smallest absolute Gasteiger partial charge is 0.253 e. The van der Waals surface area contributed by atoms with Gasteiger partial charge in [0.05, 0.1) is 17.0 Å². The number of carbonyl (C=O) groups excluding carboxylic acids is 3. The predicted molar refractivity (Wildman–Crippen MR) is 176 cm³/mol. The zero-order valence-corrected chi connectivity index (χ0v) is 28.6. The molecule has 0 saturated heterocycles. The Bertz CT molecular complexity index is 1360. The maximum atomic E-state index is 13.8. The number of hydrogen-bond donors (Lipinski definition) is 3. The van der Waals surface area contributed by atoms with Crippen molar-refractivity contribution in [3.8, 4) is 0 Å². The van der Waals surface area contributed by atoms with Crippen LogP contribution in [0.1, 0.15) is 80.2 Å². The normalized spacial score (nSPS) is 13.1. The van der Waals surface area contributed by atoms with Crippen molar-refractivity contribution in [3.63, 3.8) is 0 Å². The van der Waals surface area contributed by atoms with E-state index in [0.717, 1.165) is 22.7 Å². The van der Waals surface area contributed by atoms with Crippen LogP contribution in [0.2, 0.25) is 0 Å². The molecule has 2 aromatic carbocycles. The summed E-state index contributed by atoms with van der Waals surface area (Å²) in [7, 11) is -1.22. The molecule has 0 spiro atoms. The molecule has 11 nitrogen and oxygen atoms in total. The zero-order chi connectivity index (χ0) is 33.7. The number of nitrogens with one attached hydrogen (secondary N) is 2. The Kier molecular flexibility index (Phi) is 15.1. The first kappa shape index (κ1) is 37.9. The lowest BCUT2D eigenvalue weighted by molar-refractivity contribution is -0.127. The molecule has 0 aliphatic carbocycles. The summed E-state index contributed by atoms with van der Waals surface area (Å²) in [4.78, 5) is 41.2. The molecular weight excluding hydrogens is 594 g/mol. The number of likely N-dealkylation sites (N-methyl/N-ethyl adjacent to an activating group) is 1. The largest absolute Gasteiger partial charge is 0.390 e. The van der Waals surface area contributed by atoms with Crippen molar-refractivity contribution in [1.29, 1.82) is 0 Å². The number of aliphatic hydroxyl groups excluding tert-OH is 1. The highest BCUT2D eigenvalue weighted by atomic mass is 32.2. The van der Waals surface area contributed by atoms with Gasteiger partial charge in [0.15, 0.2) is 0 Å². The number of nitrogens with zero attached hydrogens (tertiary/aromatic N) is 3. The van der Waals surface area contributed by atoms with Crippen LogP contribution in [-0.2, 0) is 21.2 Å². The summed E-state index contributed by atoms with van der Waals surface area (Å²) in [5.41, 5.74) is 3.77. The second-order valence-electron chi connectivity index (χ2n) is 11.8. The lowest BCUT2D eigenvalue weighted by atomic mass is 10.00. The van der Waals surface area contributed by atoms with Crippen LogP contribution in [0.15, 0.2) is 53.4 Å². The van der Waals surface area contributed by atoms with Crippen LogP contribution in [0.3, 0.4) is 0 Å². The van der Waals surface area contributed by atoms with Crippen molar-refractivity contribution in [2.24, 2.45) is 5.92 Å². The SMILES string of the molecule is CCCN(CCC)C(=O)c1cc(C(=O)NC(Cc2ccccc2)C(O)CN(CC)NC(=O)CC(C)C)cc(S(=O)(=O)N(C)C)c1. The molecule has 12 heteroatoms. The van der Waals surface area contributed by atoms with Gasteiger partial charge >= 0.3 is 0 Å². The summed E-state index contributed by atoms with van der Waals surface area (Å²) >= 11 is 0. The molecule has 45 heavy (non-hydrogen) atoms. The molecule has 2 aromatic rings. The maximum absolute atomic E-state index is 13.8. The molecule has 0 aliphatic rings. The van der Waals surface area contributed by atoms with Crippen LogP contribution in [0.25, 0.3) is 0 Å². The Balaban J connectivity index is 2.49. The van der Waals surface area contributed by atoms with E-state index in [9.17, 15) is 27.9 Å². The number of rotatable bonds is 18. The van der Waals surface area contributed by atoms with Gasteiger partial charge in [0.1, 0.15) is 0 Å². The van der Waals surface area contributed by atoms with Gasteiger partial charge in [0, 0.05) is 57.8 Å². The Morgan fingerprint density at radius 3 is 2.04 bits per heavy atom. The second kappa shape index (κ2) is 18.0. The van der Waals surface area contributed by atoms with Gasteiger partial charge in [-0.15, -0.1) is 0 Å². The number of sulfonamides is 1. The van der Waals surface area contributed by atoms with Gasteiger partial charge in [0.2, 0.25) is 15.9 Å². The summed E-state index contributed by atoms with van der Waals surface area (Å²) in [6.07, 6.45) is 0.944. The molecule has 0 bridgehead atoms. The van der Waals surface area contributed by atoms with E-state index >= 15 is 0 Å². The topological polar surface area (TPSA) is 139 Å². The van der Waals surface area contributed by atoms with Gasteiger partial charge in [-0.2, -0.15) is 0 Å². The average Bonchev–Trinajstić information content (AvgIpc) is 2.99. The summed E-state index contributed by atoms with van der Waals surface area (Å²) in [5, 5.41) is 15.9. The first-order valence-corrected chi connectivity index (χ1v) is 17.1. The van der Waals surface area contributed by atoms with E-state index in [1.54, 1.807) is 9.91 Å². The summed E-state index contributed by atoms with van der Waals surface area (Å²) in [6.45, 7) is 11.1. The third-order valence-electron chi connectivity index (χ3n) is 7.21. The van der Waals surface area contributed by atoms with E-state index in [0.29, 0.717) is 26.1 Å². The monoisotopic (exact) mass is 645 g/mol. The van der Waals surface area contributed by atoms with Gasteiger partial charge in [-0.05, 0) is 48.9 Å². The Labute approximate surface area is 269 Å². The van der Waals surface area contributed by atoms with E-state index in [2.05, 4.69) is 10.7 Å². The third kappa shape index (κ3) is 11.5. The number of hydrogen-bond acceptors (Lipinski definition) is 7. The maximum Gasteiger partial charge on any atom is 0.253 e. The second-order valence-corrected chi connectivity index (χ2v) is 14.0. The fraction of sp³-hybridized carbons (Fsp3) is 0.545. The predicted octanol–water partition coefficient (Wildman–Crippen LogP) is 3.30. The van der Waals surface area contributed by atoms with Gasteiger partial charge in [-0.1, -0.05) is 65.0 Å². The van der Waals surface area contributed by atoms with E-state index < -0.39 is 28.1 Å². The molecular formula is C33H51N5O6S. The summed E-state index contributed by atoms with van der Waals surface area (Å²) < 4.78 is 27.4. The zero-order valence-electron chi connectivity index (χ0n) is 27.7. The molecule has 0 radical (unpaired) electrons. The highest BCUT2D eigenvalue weighted by molar-refractivity contribution is 7.89. The van der Waals surface area contributed by atoms with Gasteiger partial charge in [0.25, 0.3) is 11.8 Å². The first-order valence-electron chi connectivity index (χ1n) is 15.7. The van der Waals surface area contributed by atoms with Crippen molar-refractivity contribution < 1.29 is 27.9 Å². The minimum Gasteiger partial charge on any atom is -0.390 e. The minimum atomic E-state index is -3.99. The molecule has 0 aliphatic heterocycles. The molecule has 0 saturated carbocycles. The van der Waals surface area contributed by atoms with E-state index in [4.69, 9.17) is 0 Å².